The van der Waals surface area contributed by atoms with Crippen molar-refractivity contribution in [3.8, 4) is 0 Å². The Morgan fingerprint density at radius 2 is 1.35 bits per heavy atom. The molecule has 40 heavy (non-hydrogen) atoms. The molecule has 0 saturated carbocycles. The van der Waals surface area contributed by atoms with E-state index in [0.717, 1.165) is 24.8 Å². The summed E-state index contributed by atoms with van der Waals surface area (Å²) < 4.78 is 0. The van der Waals surface area contributed by atoms with Gasteiger partial charge >= 0.3 is 5.97 Å². The molecule has 0 aromatic carbocycles. The zero-order valence-corrected chi connectivity index (χ0v) is 31.2. The fraction of sp³-hybridized carbons (Fsp3) is 0.697. The van der Waals surface area contributed by atoms with Crippen LogP contribution in [0.25, 0.3) is 0 Å². The van der Waals surface area contributed by atoms with Crippen LogP contribution in [0.15, 0.2) is 39.9 Å². The van der Waals surface area contributed by atoms with Gasteiger partial charge in [0, 0.05) is 18.6 Å². The van der Waals surface area contributed by atoms with E-state index in [0.29, 0.717) is 6.42 Å². The van der Waals surface area contributed by atoms with Crippen molar-refractivity contribution in [2.24, 2.45) is 10.9 Å². The second kappa shape index (κ2) is 61.4. The third-order valence-corrected chi connectivity index (χ3v) is 4.21. The predicted octanol–water partition coefficient (Wildman–Crippen LogP) is 11.3. The highest BCUT2D eigenvalue weighted by Crippen LogP contribution is 2.12. The number of ketones is 1. The van der Waals surface area contributed by atoms with E-state index in [1.165, 1.54) is 29.3 Å². The summed E-state index contributed by atoms with van der Waals surface area (Å²) in [6, 6.07) is 0. The first-order valence-corrected chi connectivity index (χ1v) is 17.2. The Morgan fingerprint density at radius 1 is 0.950 bits per heavy atom. The van der Waals surface area contributed by atoms with Crippen LogP contribution >= 0.6 is 23.5 Å². The summed E-state index contributed by atoms with van der Waals surface area (Å²) in [6.45, 7) is 33.1. The zero-order chi connectivity index (χ0) is 33.9. The molecule has 0 aliphatic carbocycles. The van der Waals surface area contributed by atoms with Gasteiger partial charge in [0.05, 0.1) is 11.4 Å². The molecule has 0 radical (unpaired) electrons. The molecule has 5 nitrogen and oxygen atoms in total. The number of aliphatic carboxylic acids is 1. The number of carbonyl (C=O) groups excluding carboxylic acids is 2. The molecule has 0 aromatic rings. The molecule has 1 unspecified atom stereocenters. The van der Waals surface area contributed by atoms with Crippen LogP contribution in [-0.2, 0) is 14.4 Å². The molecule has 0 bridgehead atoms. The van der Waals surface area contributed by atoms with E-state index in [9.17, 15) is 14.4 Å². The van der Waals surface area contributed by atoms with Crippen LogP contribution in [0.4, 0.5) is 0 Å². The molecule has 242 valence electrons. The van der Waals surface area contributed by atoms with E-state index < -0.39 is 5.97 Å². The summed E-state index contributed by atoms with van der Waals surface area (Å²) in [5.74, 6) is -0.0301. The molecular formula is C33H69NO4S2. The first-order chi connectivity index (χ1) is 18.8. The summed E-state index contributed by atoms with van der Waals surface area (Å²) in [4.78, 5) is 33.4. The Kier molecular flexibility index (Phi) is 89.3. The molecule has 0 heterocycles. The molecule has 0 aromatic heterocycles. The highest BCUT2D eigenvalue weighted by atomic mass is 32.2. The second-order valence-electron chi connectivity index (χ2n) is 7.52. The summed E-state index contributed by atoms with van der Waals surface area (Å²) in [5.41, 5.74) is 3.62. The predicted molar refractivity (Wildman–Crippen MR) is 191 cm³/mol. The molecule has 0 saturated heterocycles. The first kappa shape index (κ1) is 58.1. The summed E-state index contributed by atoms with van der Waals surface area (Å²) in [7, 11) is 0. The lowest BCUT2D eigenvalue weighted by Gasteiger charge is -1.98. The van der Waals surface area contributed by atoms with Gasteiger partial charge in [-0.2, -0.15) is 11.8 Å². The van der Waals surface area contributed by atoms with Crippen molar-refractivity contribution >= 4 is 47.8 Å². The second-order valence-corrected chi connectivity index (χ2v) is 9.09. The molecule has 1 N–H and O–H groups in total. The summed E-state index contributed by atoms with van der Waals surface area (Å²) in [5, 5.41) is 9.96. The smallest absolute Gasteiger partial charge is 0.313 e. The number of Topliss-reactive ketones (excluding diaryl/α,β-unsaturated/α-hetero) is 1. The van der Waals surface area contributed by atoms with Gasteiger partial charge in [0.25, 0.3) is 0 Å². The standard InChI is InChI=1S/C11H19NS.C5H10O.C4H8O.C4H8.C3H6O2S.3C2H6/c1-5-7-10(3)8-11(9-13-4)12-6-2;1-3-5(2)4-6;1-3-4(2)5;1-4(2)3;1-6-2-3(4)5;3*1-2/h6,8-9H,5,7H2,1-4H3;4-5H,3H2,1-2H3;3H2,1-2H3;1H2,2-3H3;2H2,1H3,(H,4,5);3*1-2H3/b10-8+,11-9-,12-6?;;;;;;;. The molecular weight excluding hydrogens is 539 g/mol. The monoisotopic (exact) mass is 607 g/mol. The van der Waals surface area contributed by atoms with Crippen molar-refractivity contribution in [1.82, 2.24) is 0 Å². The zero-order valence-electron chi connectivity index (χ0n) is 29.6. The number of carbonyl (C=O) groups is 3. The number of hydrogen-bond acceptors (Lipinski definition) is 6. The van der Waals surface area contributed by atoms with E-state index in [-0.39, 0.29) is 17.5 Å². The Balaban J connectivity index is -0.0000000541. The van der Waals surface area contributed by atoms with Crippen molar-refractivity contribution in [1.29, 1.82) is 0 Å². The first-order valence-electron chi connectivity index (χ1n) is 14.5. The molecule has 0 fully saturated rings. The van der Waals surface area contributed by atoms with Crippen LogP contribution < -0.4 is 0 Å². The number of rotatable bonds is 10. The van der Waals surface area contributed by atoms with Gasteiger partial charge in [-0.05, 0) is 71.5 Å². The fourth-order valence-corrected chi connectivity index (χ4v) is 1.93. The topological polar surface area (TPSA) is 83.8 Å². The lowest BCUT2D eigenvalue weighted by molar-refractivity contribution is -0.134. The van der Waals surface area contributed by atoms with Crippen molar-refractivity contribution in [3.63, 3.8) is 0 Å². The number of aliphatic imine (C=N–C) groups is 1. The van der Waals surface area contributed by atoms with Crippen LogP contribution in [-0.4, -0.2) is 47.6 Å². The average molecular weight is 608 g/mol. The maximum atomic E-state index is 9.81. The van der Waals surface area contributed by atoms with Crippen LogP contribution in [0.2, 0.25) is 0 Å². The summed E-state index contributed by atoms with van der Waals surface area (Å²) in [6.07, 6.45) is 12.7. The number of thioether (sulfide) groups is 2. The fourth-order valence-electron chi connectivity index (χ4n) is 1.31. The molecule has 1 atom stereocenters. The Morgan fingerprint density at radius 3 is 1.50 bits per heavy atom. The Bertz CT molecular complexity index is 595. The minimum absolute atomic E-state index is 0.208. The van der Waals surface area contributed by atoms with Gasteiger partial charge in [0.2, 0.25) is 0 Å². The van der Waals surface area contributed by atoms with E-state index in [2.05, 4.69) is 36.9 Å². The minimum Gasteiger partial charge on any atom is -0.481 e. The normalized spacial score (nSPS) is 9.93. The highest BCUT2D eigenvalue weighted by Gasteiger charge is 1.91. The number of allylic oxidation sites excluding steroid dienone is 3. The molecule has 0 aliphatic heterocycles. The van der Waals surface area contributed by atoms with Crippen LogP contribution in [0.5, 0.6) is 0 Å². The van der Waals surface area contributed by atoms with Gasteiger partial charge < -0.3 is 14.7 Å². The van der Waals surface area contributed by atoms with Crippen LogP contribution in [0.3, 0.4) is 0 Å². The van der Waals surface area contributed by atoms with Gasteiger partial charge in [-0.25, -0.2) is 0 Å². The third kappa shape index (κ3) is 110. The van der Waals surface area contributed by atoms with Gasteiger partial charge in [-0.15, -0.1) is 18.3 Å². The molecule has 0 rings (SSSR count). The minimum atomic E-state index is -0.748. The lowest BCUT2D eigenvalue weighted by Crippen LogP contribution is -1.95. The number of aldehydes is 1. The molecule has 0 spiro atoms. The molecule has 0 aliphatic rings. The van der Waals surface area contributed by atoms with Crippen molar-refractivity contribution in [3.05, 3.63) is 34.9 Å². The van der Waals surface area contributed by atoms with Crippen molar-refractivity contribution < 1.29 is 19.5 Å². The average Bonchev–Trinajstić information content (AvgIpc) is 2.92. The highest BCUT2D eigenvalue weighted by molar-refractivity contribution is 8.01. The lowest BCUT2D eigenvalue weighted by atomic mass is 10.1. The number of nitrogens with zero attached hydrogens (tertiary/aromatic N) is 1. The maximum Gasteiger partial charge on any atom is 0.313 e. The van der Waals surface area contributed by atoms with Crippen molar-refractivity contribution in [2.45, 2.75) is 130 Å². The van der Waals surface area contributed by atoms with Gasteiger partial charge in [-0.1, -0.05) is 86.8 Å². The quantitative estimate of drug-likeness (QED) is 0.115. The number of hydrogen-bond donors (Lipinski definition) is 1. The molecule has 0 amide bonds. The van der Waals surface area contributed by atoms with E-state index in [1.54, 1.807) is 24.9 Å². The molecule has 7 heteroatoms. The van der Waals surface area contributed by atoms with E-state index in [1.807, 2.05) is 95.6 Å². The number of carboxylic acid groups (broad SMARTS) is 1. The largest absolute Gasteiger partial charge is 0.481 e. The van der Waals surface area contributed by atoms with E-state index in [4.69, 9.17) is 5.11 Å². The number of carboxylic acids is 1. The SMILES string of the molecule is C=C(C)C.CC.CC.CC.CC=NC(=C\SC)/C=C(\C)CCC.CCC(C)=O.CCC(C)C=O.CSCC(=O)O. The van der Waals surface area contributed by atoms with E-state index >= 15 is 0 Å². The van der Waals surface area contributed by atoms with Crippen molar-refractivity contribution in [2.75, 3.05) is 18.3 Å². The third-order valence-electron chi connectivity index (χ3n) is 3.20. The Labute approximate surface area is 260 Å². The Hall–Kier alpha value is -1.60. The van der Waals surface area contributed by atoms with Crippen LogP contribution in [0.1, 0.15) is 130 Å². The van der Waals surface area contributed by atoms with Gasteiger partial charge in [-0.3, -0.25) is 9.79 Å². The van der Waals surface area contributed by atoms with Gasteiger partial charge in [0.1, 0.15) is 12.1 Å². The maximum absolute atomic E-state index is 9.81. The van der Waals surface area contributed by atoms with Gasteiger partial charge in [0.15, 0.2) is 0 Å². The van der Waals surface area contributed by atoms with Crippen LogP contribution in [0, 0.1) is 5.92 Å². The summed E-state index contributed by atoms with van der Waals surface area (Å²) >= 11 is 3.00.